The number of carboxylic acids is 1. The molecule has 7 heteroatoms. The lowest BCUT2D eigenvalue weighted by Gasteiger charge is -2.20. The summed E-state index contributed by atoms with van der Waals surface area (Å²) in [7, 11) is 0. The lowest BCUT2D eigenvalue weighted by molar-refractivity contribution is -0.143. The van der Waals surface area contributed by atoms with Gasteiger partial charge in [-0.2, -0.15) is 0 Å². The Hall–Kier alpha value is -2.83. The number of ether oxygens (including phenoxy) is 1. The van der Waals surface area contributed by atoms with E-state index < -0.39 is 23.5 Å². The maximum Gasteiger partial charge on any atom is 0.336 e. The van der Waals surface area contributed by atoms with E-state index in [1.807, 2.05) is 19.9 Å². The van der Waals surface area contributed by atoms with Gasteiger partial charge in [-0.1, -0.05) is 33.6 Å². The fourth-order valence-corrected chi connectivity index (χ4v) is 3.08. The predicted molar refractivity (Wildman–Crippen MR) is 106 cm³/mol. The summed E-state index contributed by atoms with van der Waals surface area (Å²) in [6.45, 7) is 7.09. The van der Waals surface area contributed by atoms with Gasteiger partial charge in [-0.25, -0.2) is 9.59 Å². The highest BCUT2D eigenvalue weighted by Crippen LogP contribution is 2.29. The first-order valence-corrected chi connectivity index (χ1v) is 9.49. The molecule has 2 rings (SSSR count). The summed E-state index contributed by atoms with van der Waals surface area (Å²) in [5.74, 6) is -1.38. The number of fused-ring (bicyclic) bond motifs is 1. The van der Waals surface area contributed by atoms with E-state index in [2.05, 4.69) is 5.32 Å². The van der Waals surface area contributed by atoms with Gasteiger partial charge in [0.25, 0.3) is 5.91 Å². The van der Waals surface area contributed by atoms with Gasteiger partial charge in [0, 0.05) is 17.0 Å². The Balaban J connectivity index is 2.18. The number of nitrogens with one attached hydrogen (secondary N) is 1. The zero-order valence-corrected chi connectivity index (χ0v) is 16.7. The second-order valence-corrected chi connectivity index (χ2v) is 6.96. The van der Waals surface area contributed by atoms with Crippen molar-refractivity contribution in [1.82, 2.24) is 5.32 Å². The highest BCUT2D eigenvalue weighted by Gasteiger charge is 2.25. The van der Waals surface area contributed by atoms with Crippen LogP contribution in [0.3, 0.4) is 0 Å². The number of hydrogen-bond donors (Lipinski definition) is 2. The highest BCUT2D eigenvalue weighted by molar-refractivity contribution is 5.86. The van der Waals surface area contributed by atoms with Gasteiger partial charge in [0.15, 0.2) is 6.61 Å². The summed E-state index contributed by atoms with van der Waals surface area (Å²) in [5.41, 5.74) is 1.56. The quantitative estimate of drug-likeness (QED) is 0.639. The number of carbonyl (C=O) groups is 2. The van der Waals surface area contributed by atoms with Gasteiger partial charge in [0.2, 0.25) is 0 Å². The van der Waals surface area contributed by atoms with Gasteiger partial charge < -0.3 is 19.6 Å². The van der Waals surface area contributed by atoms with Crippen LogP contribution < -0.4 is 15.7 Å². The van der Waals surface area contributed by atoms with E-state index in [1.165, 1.54) is 6.07 Å². The molecule has 28 heavy (non-hydrogen) atoms. The molecule has 0 radical (unpaired) electrons. The number of carbonyl (C=O) groups excluding carboxylic acids is 1. The van der Waals surface area contributed by atoms with Crippen LogP contribution in [0, 0.1) is 12.8 Å². The average molecular weight is 389 g/mol. The van der Waals surface area contributed by atoms with E-state index >= 15 is 0 Å². The van der Waals surface area contributed by atoms with Crippen LogP contribution in [0.25, 0.3) is 11.0 Å². The van der Waals surface area contributed by atoms with Crippen LogP contribution >= 0.6 is 0 Å². The van der Waals surface area contributed by atoms with E-state index in [-0.39, 0.29) is 12.5 Å². The molecule has 1 heterocycles. The van der Waals surface area contributed by atoms with Gasteiger partial charge in [-0.15, -0.1) is 0 Å². The monoisotopic (exact) mass is 389 g/mol. The minimum Gasteiger partial charge on any atom is -0.483 e. The normalized spacial score (nSPS) is 13.1. The largest absolute Gasteiger partial charge is 0.483 e. The molecule has 1 aromatic carbocycles. The number of benzene rings is 1. The van der Waals surface area contributed by atoms with Crippen LogP contribution in [0.4, 0.5) is 0 Å². The van der Waals surface area contributed by atoms with Gasteiger partial charge >= 0.3 is 11.6 Å². The molecule has 0 unspecified atom stereocenters. The second-order valence-electron chi connectivity index (χ2n) is 6.96. The van der Waals surface area contributed by atoms with Crippen molar-refractivity contribution >= 4 is 22.8 Å². The van der Waals surface area contributed by atoms with Crippen LogP contribution in [-0.4, -0.2) is 29.6 Å². The Labute approximate surface area is 163 Å². The summed E-state index contributed by atoms with van der Waals surface area (Å²) in [5, 5.41) is 12.6. The van der Waals surface area contributed by atoms with E-state index in [0.717, 1.165) is 23.8 Å². The second kappa shape index (κ2) is 9.39. The van der Waals surface area contributed by atoms with Crippen LogP contribution in [-0.2, 0) is 16.0 Å². The van der Waals surface area contributed by atoms with E-state index in [0.29, 0.717) is 23.3 Å². The standard InChI is InChI=1S/C21H27NO6/c1-5-7-14-10-18(24)28-20-13(4)16(9-8-15(14)20)27-11-17(23)22-19(21(25)26)12(3)6-2/h8-10,12,19H,5-7,11H2,1-4H3,(H,22,23)(H,25,26)/t12-,19-/m0/s1. The number of carboxylic acid groups (broad SMARTS) is 1. The van der Waals surface area contributed by atoms with Crippen LogP contribution in [0.5, 0.6) is 5.75 Å². The zero-order chi connectivity index (χ0) is 20.8. The maximum atomic E-state index is 12.1. The smallest absolute Gasteiger partial charge is 0.336 e. The molecule has 0 bridgehead atoms. The molecular formula is C21H27NO6. The third-order valence-corrected chi connectivity index (χ3v) is 4.87. The molecule has 0 aliphatic heterocycles. The molecule has 2 aromatic rings. The molecule has 1 amide bonds. The molecule has 0 fully saturated rings. The van der Waals surface area contributed by atoms with Gasteiger partial charge in [-0.05, 0) is 37.0 Å². The van der Waals surface area contributed by atoms with Gasteiger partial charge in [0.05, 0.1) is 0 Å². The van der Waals surface area contributed by atoms with Gasteiger partial charge in [-0.3, -0.25) is 4.79 Å². The third kappa shape index (κ3) is 4.91. The van der Waals surface area contributed by atoms with Crippen molar-refractivity contribution < 1.29 is 23.8 Å². The van der Waals surface area contributed by atoms with E-state index in [9.17, 15) is 19.5 Å². The van der Waals surface area contributed by atoms with Crippen LogP contribution in [0.1, 0.15) is 44.7 Å². The Kier molecular flexibility index (Phi) is 7.20. The number of rotatable bonds is 9. The molecule has 0 aliphatic rings. The van der Waals surface area contributed by atoms with Crippen LogP contribution in [0.2, 0.25) is 0 Å². The number of aliphatic carboxylic acids is 1. The molecule has 0 spiro atoms. The lowest BCUT2D eigenvalue weighted by atomic mass is 9.99. The maximum absolute atomic E-state index is 12.1. The molecular weight excluding hydrogens is 362 g/mol. The van der Waals surface area contributed by atoms with Crippen LogP contribution in [0.15, 0.2) is 27.4 Å². The number of amides is 1. The SMILES string of the molecule is CCCc1cc(=O)oc2c(C)c(OCC(=O)N[C@H](C(=O)O)[C@@H](C)CC)ccc12. The zero-order valence-electron chi connectivity index (χ0n) is 16.7. The predicted octanol–water partition coefficient (Wildman–Crippen LogP) is 3.05. The fraction of sp³-hybridized carbons (Fsp3) is 0.476. The van der Waals surface area contributed by atoms with Gasteiger partial charge in [0.1, 0.15) is 17.4 Å². The van der Waals surface area contributed by atoms with Crippen molar-refractivity contribution in [3.05, 3.63) is 39.7 Å². The molecule has 152 valence electrons. The molecule has 1 aromatic heterocycles. The number of aryl methyl sites for hydroxylation is 2. The molecule has 2 N–H and O–H groups in total. The Morgan fingerprint density at radius 2 is 2.00 bits per heavy atom. The van der Waals surface area contributed by atoms with Crippen molar-refractivity contribution in [2.24, 2.45) is 5.92 Å². The first kappa shape index (κ1) is 21.5. The van der Waals surface area contributed by atoms with Crippen molar-refractivity contribution in [1.29, 1.82) is 0 Å². The van der Waals surface area contributed by atoms with E-state index in [1.54, 1.807) is 19.9 Å². The summed E-state index contributed by atoms with van der Waals surface area (Å²) < 4.78 is 10.9. The summed E-state index contributed by atoms with van der Waals surface area (Å²) >= 11 is 0. The molecule has 0 saturated heterocycles. The highest BCUT2D eigenvalue weighted by atomic mass is 16.5. The minimum atomic E-state index is -1.07. The van der Waals surface area contributed by atoms with Crippen molar-refractivity contribution in [2.45, 2.75) is 53.0 Å². The van der Waals surface area contributed by atoms with Crippen molar-refractivity contribution in [3.8, 4) is 5.75 Å². The Morgan fingerprint density at radius 1 is 1.29 bits per heavy atom. The minimum absolute atomic E-state index is 0.199. The average Bonchev–Trinajstić information content (AvgIpc) is 2.65. The molecule has 0 aliphatic carbocycles. The Bertz CT molecular complexity index is 917. The first-order valence-electron chi connectivity index (χ1n) is 9.49. The van der Waals surface area contributed by atoms with E-state index in [4.69, 9.17) is 9.15 Å². The topological polar surface area (TPSA) is 106 Å². The Morgan fingerprint density at radius 3 is 2.61 bits per heavy atom. The van der Waals surface area contributed by atoms with Crippen molar-refractivity contribution in [3.63, 3.8) is 0 Å². The number of hydrogen-bond acceptors (Lipinski definition) is 5. The molecule has 2 atom stereocenters. The van der Waals surface area contributed by atoms with Crippen molar-refractivity contribution in [2.75, 3.05) is 6.61 Å². The fourth-order valence-electron chi connectivity index (χ4n) is 3.08. The third-order valence-electron chi connectivity index (χ3n) is 4.87. The summed E-state index contributed by atoms with van der Waals surface area (Å²) in [6, 6.07) is 4.07. The molecule has 7 nitrogen and oxygen atoms in total. The lowest BCUT2D eigenvalue weighted by Crippen LogP contribution is -2.46. The first-order chi connectivity index (χ1) is 13.3. The summed E-state index contributed by atoms with van der Waals surface area (Å²) in [6.07, 6.45) is 2.29. The molecule has 0 saturated carbocycles. The summed E-state index contributed by atoms with van der Waals surface area (Å²) in [4.78, 5) is 35.3.